The first-order valence-electron chi connectivity index (χ1n) is 8.01. The molecule has 0 aliphatic carbocycles. The molecule has 0 bridgehead atoms. The number of hydrogen-bond acceptors (Lipinski definition) is 3. The Labute approximate surface area is 150 Å². The molecule has 0 spiro atoms. The Morgan fingerprint density at radius 3 is 2.72 bits per heavy atom. The molecule has 2 aromatic carbocycles. The van der Waals surface area contributed by atoms with E-state index in [1.807, 2.05) is 42.6 Å². The van der Waals surface area contributed by atoms with Crippen LogP contribution in [0.3, 0.4) is 0 Å². The minimum atomic E-state index is 0.586. The van der Waals surface area contributed by atoms with Gasteiger partial charge in [-0.2, -0.15) is 0 Å². The molecular formula is C20H16N4S. The molecule has 0 aliphatic heterocycles. The number of hydrogen-bond donors (Lipinski definition) is 2. The average molecular weight is 344 g/mol. The summed E-state index contributed by atoms with van der Waals surface area (Å²) in [5.41, 5.74) is 3.04. The standard InChI is InChI=1S/C20H16N4S/c25-20(23-12-14-5-2-1-3-6-14)24-18-11-15-8-10-21-13-17(15)19-16(18)7-4-9-22-19/h1-11,13H,12H2,(H2,23,24,25). The van der Waals surface area contributed by atoms with Crippen LogP contribution in [-0.2, 0) is 6.54 Å². The van der Waals surface area contributed by atoms with Crippen molar-refractivity contribution >= 4 is 44.7 Å². The van der Waals surface area contributed by atoms with E-state index in [1.54, 1.807) is 12.4 Å². The number of pyridine rings is 2. The summed E-state index contributed by atoms with van der Waals surface area (Å²) in [6.45, 7) is 0.681. The number of benzene rings is 2. The largest absolute Gasteiger partial charge is 0.358 e. The molecule has 5 heteroatoms. The summed E-state index contributed by atoms with van der Waals surface area (Å²) in [6.07, 6.45) is 5.43. The van der Waals surface area contributed by atoms with Crippen LogP contribution in [0.5, 0.6) is 0 Å². The first-order valence-corrected chi connectivity index (χ1v) is 8.42. The van der Waals surface area contributed by atoms with Gasteiger partial charge in [0, 0.05) is 35.9 Å². The molecule has 25 heavy (non-hydrogen) atoms. The zero-order chi connectivity index (χ0) is 17.1. The van der Waals surface area contributed by atoms with E-state index in [1.165, 1.54) is 5.56 Å². The fraction of sp³-hybridized carbons (Fsp3) is 0.0500. The first-order chi connectivity index (χ1) is 12.3. The fourth-order valence-corrected chi connectivity index (χ4v) is 3.03. The Morgan fingerprint density at radius 1 is 0.960 bits per heavy atom. The topological polar surface area (TPSA) is 49.8 Å². The molecule has 4 aromatic rings. The number of nitrogens with zero attached hydrogens (tertiary/aromatic N) is 2. The Balaban J connectivity index is 1.63. The van der Waals surface area contributed by atoms with Crippen molar-refractivity contribution in [2.45, 2.75) is 6.54 Å². The van der Waals surface area contributed by atoms with Crippen molar-refractivity contribution < 1.29 is 0 Å². The Kier molecular flexibility index (Phi) is 4.23. The van der Waals surface area contributed by atoms with Crippen molar-refractivity contribution in [2.24, 2.45) is 0 Å². The van der Waals surface area contributed by atoms with Crippen molar-refractivity contribution in [3.63, 3.8) is 0 Å². The summed E-state index contributed by atoms with van der Waals surface area (Å²) in [5.74, 6) is 0. The van der Waals surface area contributed by atoms with E-state index >= 15 is 0 Å². The van der Waals surface area contributed by atoms with Gasteiger partial charge in [0.15, 0.2) is 5.11 Å². The zero-order valence-corrected chi connectivity index (χ0v) is 14.3. The number of fused-ring (bicyclic) bond motifs is 3. The third-order valence-corrected chi connectivity index (χ3v) is 4.30. The second-order valence-corrected chi connectivity index (χ2v) is 6.12. The van der Waals surface area contributed by atoms with Crippen molar-refractivity contribution in [1.82, 2.24) is 15.3 Å². The van der Waals surface area contributed by atoms with E-state index < -0.39 is 0 Å². The minimum Gasteiger partial charge on any atom is -0.358 e. The Hall–Kier alpha value is -3.05. The summed E-state index contributed by atoms with van der Waals surface area (Å²) in [4.78, 5) is 8.75. The lowest BCUT2D eigenvalue weighted by atomic mass is 10.1. The van der Waals surface area contributed by atoms with Crippen LogP contribution in [0.15, 0.2) is 73.2 Å². The van der Waals surface area contributed by atoms with Gasteiger partial charge >= 0.3 is 0 Å². The normalized spacial score (nSPS) is 10.7. The lowest BCUT2D eigenvalue weighted by molar-refractivity contribution is 0.926. The van der Waals surface area contributed by atoms with Crippen LogP contribution in [0.2, 0.25) is 0 Å². The zero-order valence-electron chi connectivity index (χ0n) is 13.4. The van der Waals surface area contributed by atoms with Gasteiger partial charge in [-0.15, -0.1) is 0 Å². The van der Waals surface area contributed by atoms with E-state index in [0.29, 0.717) is 11.7 Å². The third-order valence-electron chi connectivity index (χ3n) is 4.05. The second-order valence-electron chi connectivity index (χ2n) is 5.71. The molecule has 0 radical (unpaired) electrons. The van der Waals surface area contributed by atoms with Gasteiger partial charge in [-0.3, -0.25) is 9.97 Å². The second kappa shape index (κ2) is 6.83. The molecule has 4 rings (SSSR count). The van der Waals surface area contributed by atoms with E-state index in [4.69, 9.17) is 12.2 Å². The molecule has 0 unspecified atom stereocenters. The maximum Gasteiger partial charge on any atom is 0.171 e. The highest BCUT2D eigenvalue weighted by atomic mass is 32.1. The number of anilines is 1. The maximum atomic E-state index is 5.47. The van der Waals surface area contributed by atoms with Crippen LogP contribution in [0, 0.1) is 0 Å². The highest BCUT2D eigenvalue weighted by molar-refractivity contribution is 7.80. The van der Waals surface area contributed by atoms with Crippen molar-refractivity contribution in [3.05, 3.63) is 78.8 Å². The minimum absolute atomic E-state index is 0.586. The lowest BCUT2D eigenvalue weighted by Crippen LogP contribution is -2.27. The molecule has 0 atom stereocenters. The van der Waals surface area contributed by atoms with Crippen molar-refractivity contribution in [1.29, 1.82) is 0 Å². The summed E-state index contributed by atoms with van der Waals surface area (Å²) < 4.78 is 0. The van der Waals surface area contributed by atoms with E-state index in [0.717, 1.165) is 27.4 Å². The van der Waals surface area contributed by atoms with Crippen LogP contribution < -0.4 is 10.6 Å². The summed E-state index contributed by atoms with van der Waals surface area (Å²) >= 11 is 5.47. The van der Waals surface area contributed by atoms with Crippen molar-refractivity contribution in [2.75, 3.05) is 5.32 Å². The van der Waals surface area contributed by atoms with E-state index in [2.05, 4.69) is 38.8 Å². The molecule has 0 saturated carbocycles. The van der Waals surface area contributed by atoms with Crippen LogP contribution in [-0.4, -0.2) is 15.1 Å². The highest BCUT2D eigenvalue weighted by Crippen LogP contribution is 2.29. The molecule has 4 nitrogen and oxygen atoms in total. The summed E-state index contributed by atoms with van der Waals surface area (Å²) in [5, 5.41) is 10.3. The van der Waals surface area contributed by atoms with Gasteiger partial charge in [0.1, 0.15) is 0 Å². The molecule has 122 valence electrons. The molecular weight excluding hydrogens is 328 g/mol. The number of aromatic nitrogens is 2. The van der Waals surface area contributed by atoms with Gasteiger partial charge < -0.3 is 10.6 Å². The summed E-state index contributed by atoms with van der Waals surface area (Å²) in [7, 11) is 0. The molecule has 0 saturated heterocycles. The van der Waals surface area contributed by atoms with Gasteiger partial charge in [0.25, 0.3) is 0 Å². The van der Waals surface area contributed by atoms with Gasteiger partial charge in [-0.05, 0) is 47.4 Å². The van der Waals surface area contributed by atoms with Gasteiger partial charge in [0.2, 0.25) is 0 Å². The lowest BCUT2D eigenvalue weighted by Gasteiger charge is -2.14. The molecule has 0 amide bonds. The van der Waals surface area contributed by atoms with Gasteiger partial charge in [-0.1, -0.05) is 30.3 Å². The van der Waals surface area contributed by atoms with Gasteiger partial charge in [-0.25, -0.2) is 0 Å². The predicted molar refractivity (Wildman–Crippen MR) is 107 cm³/mol. The van der Waals surface area contributed by atoms with Crippen LogP contribution in [0.4, 0.5) is 5.69 Å². The third kappa shape index (κ3) is 3.27. The molecule has 0 fully saturated rings. The maximum absolute atomic E-state index is 5.47. The number of thiocarbonyl (C=S) groups is 1. The highest BCUT2D eigenvalue weighted by Gasteiger charge is 2.08. The van der Waals surface area contributed by atoms with Crippen LogP contribution >= 0.6 is 12.2 Å². The van der Waals surface area contributed by atoms with Crippen LogP contribution in [0.1, 0.15) is 5.56 Å². The molecule has 2 heterocycles. The predicted octanol–water partition coefficient (Wildman–Crippen LogP) is 4.27. The molecule has 2 aromatic heterocycles. The first kappa shape index (κ1) is 15.5. The number of nitrogens with one attached hydrogen (secondary N) is 2. The van der Waals surface area contributed by atoms with E-state index in [9.17, 15) is 0 Å². The molecule has 2 N–H and O–H groups in total. The average Bonchev–Trinajstić information content (AvgIpc) is 2.67. The van der Waals surface area contributed by atoms with Gasteiger partial charge in [0.05, 0.1) is 11.2 Å². The Bertz CT molecular complexity index is 1050. The fourth-order valence-electron chi connectivity index (χ4n) is 2.85. The Morgan fingerprint density at radius 2 is 1.84 bits per heavy atom. The van der Waals surface area contributed by atoms with E-state index in [-0.39, 0.29) is 0 Å². The quantitative estimate of drug-likeness (QED) is 0.429. The number of rotatable bonds is 3. The summed E-state index contributed by atoms with van der Waals surface area (Å²) in [6, 6.07) is 18.2. The molecule has 0 aliphatic rings. The smallest absolute Gasteiger partial charge is 0.171 e. The monoisotopic (exact) mass is 344 g/mol. The van der Waals surface area contributed by atoms with Crippen LogP contribution in [0.25, 0.3) is 21.7 Å². The SMILES string of the molecule is S=C(NCc1ccccc1)Nc1cc2ccncc2c2ncccc12. The van der Waals surface area contributed by atoms with Crippen molar-refractivity contribution in [3.8, 4) is 0 Å².